The van der Waals surface area contributed by atoms with Gasteiger partial charge in [0.25, 0.3) is 0 Å². The summed E-state index contributed by atoms with van der Waals surface area (Å²) in [5.74, 6) is 0.668. The van der Waals surface area contributed by atoms with Crippen LogP contribution in [0.1, 0.15) is 11.3 Å². The summed E-state index contributed by atoms with van der Waals surface area (Å²) in [5.41, 5.74) is 7.43. The Bertz CT molecular complexity index is 502. The van der Waals surface area contributed by atoms with Gasteiger partial charge in [0.2, 0.25) is 0 Å². The third-order valence-electron chi connectivity index (χ3n) is 2.40. The van der Waals surface area contributed by atoms with E-state index in [0.29, 0.717) is 23.9 Å². The lowest BCUT2D eigenvalue weighted by Crippen LogP contribution is -2.06. The molecule has 4 heteroatoms. The third-order valence-corrected chi connectivity index (χ3v) is 2.71. The zero-order valence-electron chi connectivity index (χ0n) is 9.27. The molecule has 1 heterocycles. The molecule has 1 aromatic heterocycles. The lowest BCUT2D eigenvalue weighted by atomic mass is 10.2. The van der Waals surface area contributed by atoms with E-state index in [1.54, 1.807) is 12.3 Å². The van der Waals surface area contributed by atoms with Crippen molar-refractivity contribution in [2.24, 2.45) is 5.73 Å². The summed E-state index contributed by atoms with van der Waals surface area (Å²) in [7, 11) is 0. The molecule has 2 rings (SSSR count). The van der Waals surface area contributed by atoms with Gasteiger partial charge in [-0.3, -0.25) is 4.98 Å². The molecule has 2 N–H and O–H groups in total. The van der Waals surface area contributed by atoms with Gasteiger partial charge in [0, 0.05) is 18.3 Å². The number of nitrogens with two attached hydrogens (primary N) is 1. The molecule has 0 bridgehead atoms. The second-order valence-electron chi connectivity index (χ2n) is 3.53. The van der Waals surface area contributed by atoms with E-state index in [-0.39, 0.29) is 0 Å². The summed E-state index contributed by atoms with van der Waals surface area (Å²) in [5, 5.41) is 0.602. The number of hydrogen-bond donors (Lipinski definition) is 1. The van der Waals surface area contributed by atoms with E-state index in [2.05, 4.69) is 4.98 Å². The van der Waals surface area contributed by atoms with Crippen LogP contribution in [0.4, 0.5) is 0 Å². The van der Waals surface area contributed by atoms with Crippen molar-refractivity contribution in [2.75, 3.05) is 0 Å². The number of para-hydroxylation sites is 1. The molecule has 0 aliphatic heterocycles. The van der Waals surface area contributed by atoms with E-state index in [9.17, 15) is 0 Å². The minimum absolute atomic E-state index is 0.405. The van der Waals surface area contributed by atoms with Gasteiger partial charge in [-0.25, -0.2) is 0 Å². The predicted octanol–water partition coefficient (Wildman–Crippen LogP) is 2.77. The predicted molar refractivity (Wildman–Crippen MR) is 67.9 cm³/mol. The van der Waals surface area contributed by atoms with Crippen molar-refractivity contribution in [3.05, 3.63) is 58.9 Å². The Morgan fingerprint density at radius 2 is 2.00 bits per heavy atom. The van der Waals surface area contributed by atoms with Gasteiger partial charge in [0.15, 0.2) is 0 Å². The van der Waals surface area contributed by atoms with Crippen LogP contribution in [0.25, 0.3) is 0 Å². The maximum Gasteiger partial charge on any atom is 0.138 e. The highest BCUT2D eigenvalue weighted by Crippen LogP contribution is 2.24. The van der Waals surface area contributed by atoms with Gasteiger partial charge >= 0.3 is 0 Å². The summed E-state index contributed by atoms with van der Waals surface area (Å²) in [4.78, 5) is 4.19. The molecule has 0 amide bonds. The zero-order valence-corrected chi connectivity index (χ0v) is 10.0. The van der Waals surface area contributed by atoms with Gasteiger partial charge in [0.1, 0.15) is 12.4 Å². The van der Waals surface area contributed by atoms with Gasteiger partial charge < -0.3 is 10.5 Å². The molecular formula is C13H13ClN2O. The molecule has 0 radical (unpaired) electrons. The Labute approximate surface area is 105 Å². The average molecular weight is 249 g/mol. The fraction of sp³-hybridized carbons (Fsp3) is 0.154. The molecule has 0 fully saturated rings. The highest BCUT2D eigenvalue weighted by molar-refractivity contribution is 6.32. The van der Waals surface area contributed by atoms with E-state index in [1.807, 2.05) is 30.3 Å². The largest absolute Gasteiger partial charge is 0.487 e. The fourth-order valence-corrected chi connectivity index (χ4v) is 1.69. The summed E-state index contributed by atoms with van der Waals surface area (Å²) >= 11 is 6.00. The number of halogens is 1. The first-order valence-corrected chi connectivity index (χ1v) is 5.69. The number of nitrogens with zero attached hydrogens (tertiary/aromatic N) is 1. The first kappa shape index (κ1) is 11.9. The molecule has 0 atom stereocenters. The summed E-state index contributed by atoms with van der Waals surface area (Å²) in [6, 6.07) is 11.2. The Morgan fingerprint density at radius 1 is 1.18 bits per heavy atom. The third kappa shape index (κ3) is 2.96. The Balaban J connectivity index is 2.10. The molecule has 3 nitrogen and oxygen atoms in total. The van der Waals surface area contributed by atoms with Gasteiger partial charge in [-0.1, -0.05) is 29.8 Å². The van der Waals surface area contributed by atoms with Crippen molar-refractivity contribution >= 4 is 11.6 Å². The second-order valence-corrected chi connectivity index (χ2v) is 3.94. The molecule has 0 saturated heterocycles. The normalized spacial score (nSPS) is 10.2. The van der Waals surface area contributed by atoms with Crippen LogP contribution in [-0.4, -0.2) is 4.98 Å². The SMILES string of the molecule is NCc1ncccc1COc1ccccc1Cl. The number of aromatic nitrogens is 1. The van der Waals surface area contributed by atoms with Crippen LogP contribution in [0, 0.1) is 0 Å². The molecule has 88 valence electrons. The van der Waals surface area contributed by atoms with Crippen molar-refractivity contribution in [1.29, 1.82) is 0 Å². The molecule has 0 saturated carbocycles. The molecule has 0 aliphatic rings. The van der Waals surface area contributed by atoms with Gasteiger partial charge in [-0.15, -0.1) is 0 Å². The van der Waals surface area contributed by atoms with Crippen LogP contribution in [0.3, 0.4) is 0 Å². The van der Waals surface area contributed by atoms with Gasteiger partial charge in [-0.05, 0) is 18.2 Å². The molecule has 0 unspecified atom stereocenters. The van der Waals surface area contributed by atoms with Crippen molar-refractivity contribution in [3.63, 3.8) is 0 Å². The quantitative estimate of drug-likeness (QED) is 0.905. The Hall–Kier alpha value is -1.58. The van der Waals surface area contributed by atoms with E-state index in [4.69, 9.17) is 22.1 Å². The number of rotatable bonds is 4. The molecule has 0 spiro atoms. The highest BCUT2D eigenvalue weighted by Gasteiger charge is 2.04. The molecule has 2 aromatic rings. The highest BCUT2D eigenvalue weighted by atomic mass is 35.5. The Morgan fingerprint density at radius 3 is 2.76 bits per heavy atom. The summed E-state index contributed by atoms with van der Waals surface area (Å²) in [6.07, 6.45) is 1.72. The molecular weight excluding hydrogens is 236 g/mol. The van der Waals surface area contributed by atoms with Crippen LogP contribution in [0.2, 0.25) is 5.02 Å². The van der Waals surface area contributed by atoms with Crippen molar-refractivity contribution in [3.8, 4) is 5.75 Å². The topological polar surface area (TPSA) is 48.1 Å². The van der Waals surface area contributed by atoms with Gasteiger partial charge in [0.05, 0.1) is 10.7 Å². The van der Waals surface area contributed by atoms with Crippen molar-refractivity contribution in [1.82, 2.24) is 4.98 Å². The summed E-state index contributed by atoms with van der Waals surface area (Å²) < 4.78 is 5.64. The van der Waals surface area contributed by atoms with Gasteiger partial charge in [-0.2, -0.15) is 0 Å². The Kier molecular flexibility index (Phi) is 3.96. The van der Waals surface area contributed by atoms with E-state index < -0.39 is 0 Å². The minimum atomic E-state index is 0.405. The lowest BCUT2D eigenvalue weighted by molar-refractivity contribution is 0.304. The zero-order chi connectivity index (χ0) is 12.1. The monoisotopic (exact) mass is 248 g/mol. The number of hydrogen-bond acceptors (Lipinski definition) is 3. The number of ether oxygens (including phenoxy) is 1. The van der Waals surface area contributed by atoms with Crippen LogP contribution in [0.15, 0.2) is 42.6 Å². The minimum Gasteiger partial charge on any atom is -0.487 e. The molecule has 0 aliphatic carbocycles. The van der Waals surface area contributed by atoms with E-state index >= 15 is 0 Å². The smallest absolute Gasteiger partial charge is 0.138 e. The lowest BCUT2D eigenvalue weighted by Gasteiger charge is -2.09. The van der Waals surface area contributed by atoms with Crippen molar-refractivity contribution < 1.29 is 4.74 Å². The van der Waals surface area contributed by atoms with Crippen LogP contribution >= 0.6 is 11.6 Å². The number of benzene rings is 1. The average Bonchev–Trinajstić information content (AvgIpc) is 2.38. The first-order valence-electron chi connectivity index (χ1n) is 5.31. The van der Waals surface area contributed by atoms with Crippen LogP contribution < -0.4 is 10.5 Å². The second kappa shape index (κ2) is 5.66. The molecule has 17 heavy (non-hydrogen) atoms. The fourth-order valence-electron chi connectivity index (χ4n) is 1.50. The molecule has 1 aromatic carbocycles. The van der Waals surface area contributed by atoms with Crippen molar-refractivity contribution in [2.45, 2.75) is 13.2 Å². The maximum absolute atomic E-state index is 6.00. The first-order chi connectivity index (χ1) is 8.31. The van der Waals surface area contributed by atoms with E-state index in [1.165, 1.54) is 0 Å². The number of pyridine rings is 1. The van der Waals surface area contributed by atoms with Crippen LogP contribution in [0.5, 0.6) is 5.75 Å². The van der Waals surface area contributed by atoms with Crippen LogP contribution in [-0.2, 0) is 13.2 Å². The summed E-state index contributed by atoms with van der Waals surface area (Å²) in [6.45, 7) is 0.826. The maximum atomic E-state index is 6.00. The standard InChI is InChI=1S/C13H13ClN2O/c14-11-5-1-2-6-13(11)17-9-10-4-3-7-16-12(10)8-15/h1-7H,8-9,15H2. The van der Waals surface area contributed by atoms with E-state index in [0.717, 1.165) is 11.3 Å².